The number of hydrogen-bond donors (Lipinski definition) is 1. The van der Waals surface area contributed by atoms with E-state index in [4.69, 9.17) is 0 Å². The third-order valence-electron chi connectivity index (χ3n) is 3.07. The lowest BCUT2D eigenvalue weighted by Gasteiger charge is -2.15. The molecule has 0 aliphatic rings. The van der Waals surface area contributed by atoms with Crippen LogP contribution in [-0.4, -0.2) is 17.5 Å². The standard InChI is InChI=1S/C16H16F2N2O2/c1-10-4-3-5-14(19-10)15(21)20-11(2)12-6-8-13(9-7-12)22-16(17)18/h3-9,11,16H,1-2H3,(H,20,21)/t11-/m1/s1. The van der Waals surface area contributed by atoms with E-state index in [2.05, 4.69) is 15.0 Å². The van der Waals surface area contributed by atoms with Gasteiger partial charge in [0.25, 0.3) is 5.91 Å². The van der Waals surface area contributed by atoms with Gasteiger partial charge in [-0.25, -0.2) is 4.98 Å². The van der Waals surface area contributed by atoms with Crippen LogP contribution in [0.4, 0.5) is 8.78 Å². The van der Waals surface area contributed by atoms with Crippen LogP contribution in [0.25, 0.3) is 0 Å². The molecule has 0 aliphatic heterocycles. The van der Waals surface area contributed by atoms with E-state index in [1.165, 1.54) is 12.1 Å². The summed E-state index contributed by atoms with van der Waals surface area (Å²) in [6.45, 7) is 0.758. The number of amides is 1. The molecule has 0 saturated heterocycles. The Morgan fingerprint density at radius 3 is 2.45 bits per heavy atom. The van der Waals surface area contributed by atoms with Crippen LogP contribution in [0.3, 0.4) is 0 Å². The molecule has 1 aromatic carbocycles. The van der Waals surface area contributed by atoms with E-state index in [9.17, 15) is 13.6 Å². The smallest absolute Gasteiger partial charge is 0.387 e. The zero-order chi connectivity index (χ0) is 16.1. The SMILES string of the molecule is Cc1cccc(C(=O)N[C@H](C)c2ccc(OC(F)F)cc2)n1. The van der Waals surface area contributed by atoms with Crippen molar-refractivity contribution in [1.29, 1.82) is 0 Å². The van der Waals surface area contributed by atoms with Crippen LogP contribution in [0, 0.1) is 6.92 Å². The minimum atomic E-state index is -2.85. The van der Waals surface area contributed by atoms with Gasteiger partial charge in [0.15, 0.2) is 0 Å². The Hall–Kier alpha value is -2.50. The highest BCUT2D eigenvalue weighted by molar-refractivity contribution is 5.92. The maximum absolute atomic E-state index is 12.1. The van der Waals surface area contributed by atoms with Gasteiger partial charge in [-0.2, -0.15) is 8.78 Å². The second-order valence-electron chi connectivity index (χ2n) is 4.81. The minimum absolute atomic E-state index is 0.0811. The molecule has 1 atom stereocenters. The zero-order valence-electron chi connectivity index (χ0n) is 12.2. The Bertz CT molecular complexity index is 645. The third kappa shape index (κ3) is 4.25. The number of halogens is 2. The molecule has 0 unspecified atom stereocenters. The number of pyridine rings is 1. The molecule has 2 rings (SSSR count). The molecule has 0 fully saturated rings. The van der Waals surface area contributed by atoms with Gasteiger partial charge in [0.05, 0.1) is 6.04 Å². The van der Waals surface area contributed by atoms with Crippen molar-refractivity contribution in [2.45, 2.75) is 26.5 Å². The van der Waals surface area contributed by atoms with Crippen molar-refractivity contribution in [3.63, 3.8) is 0 Å². The van der Waals surface area contributed by atoms with E-state index in [-0.39, 0.29) is 17.7 Å². The van der Waals surface area contributed by atoms with Gasteiger partial charge in [-0.15, -0.1) is 0 Å². The maximum atomic E-state index is 12.1. The van der Waals surface area contributed by atoms with E-state index in [1.54, 1.807) is 31.2 Å². The van der Waals surface area contributed by atoms with Gasteiger partial charge in [-0.05, 0) is 43.7 Å². The molecule has 0 saturated carbocycles. The first kappa shape index (κ1) is 15.9. The normalized spacial score (nSPS) is 12.0. The Labute approximate surface area is 127 Å². The summed E-state index contributed by atoms with van der Waals surface area (Å²) in [6.07, 6.45) is 0. The van der Waals surface area contributed by atoms with Gasteiger partial charge in [0, 0.05) is 5.69 Å². The number of benzene rings is 1. The number of carbonyl (C=O) groups is 1. The largest absolute Gasteiger partial charge is 0.435 e. The molecular formula is C16H16F2N2O2. The molecule has 1 aromatic heterocycles. The molecule has 0 spiro atoms. The second kappa shape index (κ2) is 6.98. The molecule has 1 heterocycles. The van der Waals surface area contributed by atoms with Gasteiger partial charge in [-0.3, -0.25) is 4.79 Å². The molecule has 0 bridgehead atoms. The van der Waals surface area contributed by atoms with Crippen molar-refractivity contribution in [1.82, 2.24) is 10.3 Å². The Morgan fingerprint density at radius 2 is 1.86 bits per heavy atom. The fourth-order valence-electron chi connectivity index (χ4n) is 1.96. The molecule has 1 amide bonds. The van der Waals surface area contributed by atoms with Crippen molar-refractivity contribution in [2.24, 2.45) is 0 Å². The Balaban J connectivity index is 2.02. The molecule has 6 heteroatoms. The Morgan fingerprint density at radius 1 is 1.18 bits per heavy atom. The number of carbonyl (C=O) groups excluding carboxylic acids is 1. The monoisotopic (exact) mass is 306 g/mol. The average Bonchev–Trinajstić information content (AvgIpc) is 2.47. The van der Waals surface area contributed by atoms with Crippen molar-refractivity contribution < 1.29 is 18.3 Å². The summed E-state index contributed by atoms with van der Waals surface area (Å²) in [4.78, 5) is 16.2. The number of nitrogens with one attached hydrogen (secondary N) is 1. The highest BCUT2D eigenvalue weighted by atomic mass is 19.3. The van der Waals surface area contributed by atoms with Crippen molar-refractivity contribution in [3.8, 4) is 5.75 Å². The zero-order valence-corrected chi connectivity index (χ0v) is 12.2. The van der Waals surface area contributed by atoms with Gasteiger partial charge in [0.2, 0.25) is 0 Å². The molecular weight excluding hydrogens is 290 g/mol. The van der Waals surface area contributed by atoms with Gasteiger partial charge in [-0.1, -0.05) is 18.2 Å². The topological polar surface area (TPSA) is 51.2 Å². The quantitative estimate of drug-likeness (QED) is 0.920. The summed E-state index contributed by atoms with van der Waals surface area (Å²) in [5.74, 6) is -0.207. The number of nitrogens with zero attached hydrogens (tertiary/aromatic N) is 1. The number of ether oxygens (including phenoxy) is 1. The highest BCUT2D eigenvalue weighted by Gasteiger charge is 2.13. The van der Waals surface area contributed by atoms with Gasteiger partial charge >= 0.3 is 6.61 Å². The summed E-state index contributed by atoms with van der Waals surface area (Å²) < 4.78 is 28.5. The molecule has 4 nitrogen and oxygen atoms in total. The van der Waals surface area contributed by atoms with E-state index < -0.39 is 6.61 Å². The molecule has 116 valence electrons. The van der Waals surface area contributed by atoms with Gasteiger partial charge in [0.1, 0.15) is 11.4 Å². The van der Waals surface area contributed by atoms with Crippen LogP contribution in [0.5, 0.6) is 5.75 Å². The van der Waals surface area contributed by atoms with E-state index in [0.29, 0.717) is 5.69 Å². The maximum Gasteiger partial charge on any atom is 0.387 e. The Kier molecular flexibility index (Phi) is 5.04. The first-order chi connectivity index (χ1) is 10.5. The lowest BCUT2D eigenvalue weighted by molar-refractivity contribution is -0.0498. The number of aromatic nitrogens is 1. The first-order valence-corrected chi connectivity index (χ1v) is 6.75. The highest BCUT2D eigenvalue weighted by Crippen LogP contribution is 2.19. The minimum Gasteiger partial charge on any atom is -0.435 e. The summed E-state index contributed by atoms with van der Waals surface area (Å²) in [5.41, 5.74) is 1.88. The van der Waals surface area contributed by atoms with Crippen LogP contribution >= 0.6 is 0 Å². The van der Waals surface area contributed by atoms with Crippen LogP contribution in [0.15, 0.2) is 42.5 Å². The van der Waals surface area contributed by atoms with Crippen molar-refractivity contribution >= 4 is 5.91 Å². The molecule has 1 N–H and O–H groups in total. The summed E-state index contributed by atoms with van der Waals surface area (Å²) in [5, 5.41) is 2.81. The second-order valence-corrected chi connectivity index (χ2v) is 4.81. The number of rotatable bonds is 5. The predicted octanol–water partition coefficient (Wildman–Crippen LogP) is 3.48. The summed E-state index contributed by atoms with van der Waals surface area (Å²) >= 11 is 0. The fourth-order valence-corrected chi connectivity index (χ4v) is 1.96. The molecule has 0 radical (unpaired) electrons. The summed E-state index contributed by atoms with van der Waals surface area (Å²) in [7, 11) is 0. The lowest BCUT2D eigenvalue weighted by atomic mass is 10.1. The van der Waals surface area contributed by atoms with Crippen LogP contribution in [0.1, 0.15) is 34.7 Å². The predicted molar refractivity (Wildman–Crippen MR) is 77.9 cm³/mol. The number of alkyl halides is 2. The van der Waals surface area contributed by atoms with Crippen LogP contribution < -0.4 is 10.1 Å². The molecule has 2 aromatic rings. The van der Waals surface area contributed by atoms with Crippen LogP contribution in [-0.2, 0) is 0 Å². The third-order valence-corrected chi connectivity index (χ3v) is 3.07. The van der Waals surface area contributed by atoms with Crippen molar-refractivity contribution in [2.75, 3.05) is 0 Å². The van der Waals surface area contributed by atoms with E-state index in [0.717, 1.165) is 11.3 Å². The fraction of sp³-hybridized carbons (Fsp3) is 0.250. The number of hydrogen-bond acceptors (Lipinski definition) is 3. The molecule has 0 aliphatic carbocycles. The average molecular weight is 306 g/mol. The van der Waals surface area contributed by atoms with Gasteiger partial charge < -0.3 is 10.1 Å². The summed E-state index contributed by atoms with van der Waals surface area (Å²) in [6, 6.07) is 11.1. The lowest BCUT2D eigenvalue weighted by Crippen LogP contribution is -2.27. The first-order valence-electron chi connectivity index (χ1n) is 6.75. The number of aryl methyl sites for hydroxylation is 1. The van der Waals surface area contributed by atoms with E-state index >= 15 is 0 Å². The van der Waals surface area contributed by atoms with Crippen molar-refractivity contribution in [3.05, 3.63) is 59.4 Å². The van der Waals surface area contributed by atoms with E-state index in [1.807, 2.05) is 13.0 Å². The molecule has 22 heavy (non-hydrogen) atoms. The van der Waals surface area contributed by atoms with Crippen LogP contribution in [0.2, 0.25) is 0 Å².